The number of aryl methyl sites for hydroxylation is 1. The molecule has 0 unspecified atom stereocenters. The number of benzene rings is 2. The van der Waals surface area contributed by atoms with E-state index in [1.807, 2.05) is 0 Å². The van der Waals surface area contributed by atoms with Crippen LogP contribution in [-0.2, 0) is 19.8 Å². The third-order valence-electron chi connectivity index (χ3n) is 7.45. The Kier molecular flexibility index (Phi) is 6.19. The molecule has 1 N–H and O–H groups in total. The first-order valence-corrected chi connectivity index (χ1v) is 12.7. The van der Waals surface area contributed by atoms with Crippen molar-refractivity contribution in [2.45, 2.75) is 31.6 Å². The average molecular weight is 555 g/mol. The Hall–Kier alpha value is -5.23. The van der Waals surface area contributed by atoms with E-state index in [2.05, 4.69) is 32.6 Å². The Morgan fingerprint density at radius 3 is 2.54 bits per heavy atom. The van der Waals surface area contributed by atoms with Crippen LogP contribution < -0.4 is 10.2 Å². The molecule has 6 rings (SSSR count). The van der Waals surface area contributed by atoms with Gasteiger partial charge in [-0.2, -0.15) is 23.7 Å². The molecule has 0 radical (unpaired) electrons. The molecule has 1 fully saturated rings. The largest absolute Gasteiger partial charge is 0.416 e. The van der Waals surface area contributed by atoms with Gasteiger partial charge in [-0.05, 0) is 72.0 Å². The summed E-state index contributed by atoms with van der Waals surface area (Å²) in [6, 6.07) is 16.4. The molecular formula is C29H21F3N8O. The quantitative estimate of drug-likeness (QED) is 0.355. The number of aromatic nitrogens is 4. The summed E-state index contributed by atoms with van der Waals surface area (Å²) in [6.07, 6.45) is -1.83. The van der Waals surface area contributed by atoms with Gasteiger partial charge in [0, 0.05) is 24.2 Å². The Labute approximate surface area is 232 Å². The molecule has 3 heterocycles. The summed E-state index contributed by atoms with van der Waals surface area (Å²) in [5.74, 6) is 0.425. The van der Waals surface area contributed by atoms with E-state index in [4.69, 9.17) is 0 Å². The molecule has 4 aromatic rings. The number of anilines is 2. The lowest BCUT2D eigenvalue weighted by molar-refractivity contribution is -0.138. The fourth-order valence-electron chi connectivity index (χ4n) is 5.29. The predicted molar refractivity (Wildman–Crippen MR) is 142 cm³/mol. The molecule has 2 aromatic carbocycles. The van der Waals surface area contributed by atoms with E-state index in [9.17, 15) is 28.5 Å². The van der Waals surface area contributed by atoms with Crippen LogP contribution >= 0.6 is 0 Å². The molecule has 0 atom stereocenters. The number of carbonyl (C=O) groups excluding carboxylic acids is 1. The predicted octanol–water partition coefficient (Wildman–Crippen LogP) is 5.31. The summed E-state index contributed by atoms with van der Waals surface area (Å²) in [7, 11) is 1.78. The molecule has 12 heteroatoms. The molecule has 0 bridgehead atoms. The number of amides is 1. The first-order valence-electron chi connectivity index (χ1n) is 12.7. The maximum atomic E-state index is 13.8. The van der Waals surface area contributed by atoms with Gasteiger partial charge in [0.15, 0.2) is 5.82 Å². The first kappa shape index (κ1) is 26.0. The summed E-state index contributed by atoms with van der Waals surface area (Å²) in [5, 5.41) is 30.3. The van der Waals surface area contributed by atoms with E-state index >= 15 is 0 Å². The lowest BCUT2D eigenvalue weighted by Gasteiger charge is -2.32. The Balaban J connectivity index is 1.48. The van der Waals surface area contributed by atoms with Crippen molar-refractivity contribution < 1.29 is 18.0 Å². The summed E-state index contributed by atoms with van der Waals surface area (Å²) in [5.41, 5.74) is 1.24. The summed E-state index contributed by atoms with van der Waals surface area (Å²) >= 11 is 0. The normalized spacial score (nSPS) is 17.9. The van der Waals surface area contributed by atoms with Gasteiger partial charge in [0.05, 0.1) is 35.7 Å². The molecule has 1 aliphatic heterocycles. The van der Waals surface area contributed by atoms with E-state index in [0.29, 0.717) is 46.7 Å². The molecular weight excluding hydrogens is 533 g/mol. The number of hydrogen-bond donors (Lipinski definition) is 1. The smallest absolute Gasteiger partial charge is 0.367 e. The molecule has 204 valence electrons. The van der Waals surface area contributed by atoms with Gasteiger partial charge in [0.1, 0.15) is 18.0 Å². The second-order valence-electron chi connectivity index (χ2n) is 10.1. The van der Waals surface area contributed by atoms with Gasteiger partial charge in [0.2, 0.25) is 0 Å². The van der Waals surface area contributed by atoms with E-state index in [0.717, 1.165) is 6.07 Å². The SMILES string of the molecule is Cn1cnnc1-c1ccc(C#N)cc1-c1cc(N[C@H]2C[C@H](C#N)C2)nc(N2Cc3c(cccc3C(F)(F)F)C2=O)c1. The van der Waals surface area contributed by atoms with Crippen molar-refractivity contribution in [2.24, 2.45) is 13.0 Å². The van der Waals surface area contributed by atoms with Gasteiger partial charge >= 0.3 is 6.18 Å². The van der Waals surface area contributed by atoms with Gasteiger partial charge in [0.25, 0.3) is 5.91 Å². The standard InChI is InChI=1S/C29H21F3N8O/c1-39-15-35-38-27(39)20-6-5-16(12-33)9-22(20)18-10-25(36-19-7-17(8-19)13-34)37-26(11-18)40-14-23-21(28(40)41)3-2-4-24(23)29(30,31)32/h2-6,9-11,15,17,19H,7-8,14H2,1H3,(H,36,37)/t17-,19-. The van der Waals surface area contributed by atoms with E-state index in [1.165, 1.54) is 17.0 Å². The fourth-order valence-corrected chi connectivity index (χ4v) is 5.29. The number of nitriles is 2. The number of alkyl halides is 3. The minimum Gasteiger partial charge on any atom is -0.367 e. The number of pyridine rings is 1. The summed E-state index contributed by atoms with van der Waals surface area (Å²) < 4.78 is 43.0. The lowest BCUT2D eigenvalue weighted by atomic mass is 9.81. The van der Waals surface area contributed by atoms with Crippen LogP contribution in [-0.4, -0.2) is 31.7 Å². The molecule has 41 heavy (non-hydrogen) atoms. The van der Waals surface area contributed by atoms with Crippen molar-refractivity contribution in [3.05, 3.63) is 77.1 Å². The highest BCUT2D eigenvalue weighted by atomic mass is 19.4. The van der Waals surface area contributed by atoms with Crippen LogP contribution in [0, 0.1) is 28.6 Å². The van der Waals surface area contributed by atoms with Crippen molar-refractivity contribution in [2.75, 3.05) is 10.2 Å². The fraction of sp³-hybridized carbons (Fsp3) is 0.241. The Morgan fingerprint density at radius 2 is 1.85 bits per heavy atom. The van der Waals surface area contributed by atoms with E-state index < -0.39 is 17.6 Å². The van der Waals surface area contributed by atoms with Gasteiger partial charge in [-0.15, -0.1) is 10.2 Å². The number of nitrogens with zero attached hydrogens (tertiary/aromatic N) is 7. The Bertz CT molecular complexity index is 1780. The van der Waals surface area contributed by atoms with Crippen molar-refractivity contribution in [1.82, 2.24) is 19.7 Å². The van der Waals surface area contributed by atoms with Crippen LogP contribution in [0.3, 0.4) is 0 Å². The average Bonchev–Trinajstić information content (AvgIpc) is 3.52. The van der Waals surface area contributed by atoms with Gasteiger partial charge in [-0.25, -0.2) is 4.98 Å². The molecule has 2 aliphatic rings. The highest BCUT2D eigenvalue weighted by Crippen LogP contribution is 2.41. The molecule has 1 amide bonds. The van der Waals surface area contributed by atoms with Crippen molar-refractivity contribution in [1.29, 1.82) is 10.5 Å². The zero-order chi connectivity index (χ0) is 28.9. The third-order valence-corrected chi connectivity index (χ3v) is 7.45. The van der Waals surface area contributed by atoms with Crippen molar-refractivity contribution in [3.8, 4) is 34.7 Å². The molecule has 9 nitrogen and oxygen atoms in total. The molecule has 2 aromatic heterocycles. The summed E-state index contributed by atoms with van der Waals surface area (Å²) in [4.78, 5) is 19.3. The summed E-state index contributed by atoms with van der Waals surface area (Å²) in [6.45, 7) is -0.298. The van der Waals surface area contributed by atoms with Crippen LogP contribution in [0.25, 0.3) is 22.5 Å². The minimum absolute atomic E-state index is 0.0244. The lowest BCUT2D eigenvalue weighted by Crippen LogP contribution is -2.35. The van der Waals surface area contributed by atoms with Crippen LogP contribution in [0.1, 0.15) is 39.9 Å². The van der Waals surface area contributed by atoms with Crippen molar-refractivity contribution in [3.63, 3.8) is 0 Å². The highest BCUT2D eigenvalue weighted by Gasteiger charge is 2.40. The number of nitrogens with one attached hydrogen (secondary N) is 1. The zero-order valence-electron chi connectivity index (χ0n) is 21.6. The number of hydrogen-bond acceptors (Lipinski definition) is 7. The Morgan fingerprint density at radius 1 is 1.05 bits per heavy atom. The van der Waals surface area contributed by atoms with E-state index in [-0.39, 0.29) is 35.4 Å². The third kappa shape index (κ3) is 4.63. The van der Waals surface area contributed by atoms with E-state index in [1.54, 1.807) is 48.3 Å². The van der Waals surface area contributed by atoms with Crippen molar-refractivity contribution >= 4 is 17.5 Å². The van der Waals surface area contributed by atoms with Crippen LogP contribution in [0.15, 0.2) is 54.9 Å². The van der Waals surface area contributed by atoms with Crippen LogP contribution in [0.2, 0.25) is 0 Å². The molecule has 0 spiro atoms. The number of halogens is 3. The van der Waals surface area contributed by atoms with Crippen LogP contribution in [0.5, 0.6) is 0 Å². The highest BCUT2D eigenvalue weighted by molar-refractivity contribution is 6.10. The molecule has 1 aliphatic carbocycles. The number of rotatable bonds is 5. The van der Waals surface area contributed by atoms with Gasteiger partial charge < -0.3 is 9.88 Å². The number of fused-ring (bicyclic) bond motifs is 1. The molecule has 0 saturated heterocycles. The topological polar surface area (TPSA) is 124 Å². The maximum Gasteiger partial charge on any atom is 0.416 e. The minimum atomic E-state index is -4.62. The monoisotopic (exact) mass is 554 g/mol. The van der Waals surface area contributed by atoms with Gasteiger partial charge in [-0.1, -0.05) is 6.07 Å². The maximum absolute atomic E-state index is 13.8. The second-order valence-corrected chi connectivity index (χ2v) is 10.1. The number of carbonyl (C=O) groups is 1. The van der Waals surface area contributed by atoms with Crippen LogP contribution in [0.4, 0.5) is 24.8 Å². The first-order chi connectivity index (χ1) is 19.7. The van der Waals surface area contributed by atoms with Gasteiger partial charge in [-0.3, -0.25) is 9.69 Å². The zero-order valence-corrected chi connectivity index (χ0v) is 21.6. The second kappa shape index (κ2) is 9.75. The molecule has 1 saturated carbocycles.